The maximum atomic E-state index is 10.8. The average Bonchev–Trinajstić information content (AvgIpc) is 2.05. The molecule has 0 spiro atoms. The van der Waals surface area contributed by atoms with Gasteiger partial charge >= 0.3 is 7.60 Å². The minimum Gasteiger partial charge on any atom is -0.323 e. The van der Waals surface area contributed by atoms with Crippen molar-refractivity contribution in [3.05, 3.63) is 35.9 Å². The lowest BCUT2D eigenvalue weighted by Gasteiger charge is -2.10. The van der Waals surface area contributed by atoms with Crippen LogP contribution in [0.25, 0.3) is 0 Å². The van der Waals surface area contributed by atoms with E-state index in [0.29, 0.717) is 5.56 Å². The molecule has 68 valence electrons. The van der Waals surface area contributed by atoms with Crippen LogP contribution in [0.3, 0.4) is 0 Å². The zero-order chi connectivity index (χ0) is 9.90. The van der Waals surface area contributed by atoms with Gasteiger partial charge in [0, 0.05) is 0 Å². The Labute approximate surface area is 75.6 Å². The smallest absolute Gasteiger partial charge is 0.323 e. The topological polar surface area (TPSA) is 81.3 Å². The third-order valence-corrected chi connectivity index (χ3v) is 2.66. The first kappa shape index (κ1) is 9.94. The van der Waals surface area contributed by atoms with Crippen LogP contribution in [-0.4, -0.2) is 9.79 Å². The first-order chi connectivity index (χ1) is 6.05. The number of nitrogens with zero attached hydrogens (tertiary/aromatic N) is 1. The Hall–Kier alpha value is -1.14. The molecule has 0 saturated heterocycles. The second-order valence-electron chi connectivity index (χ2n) is 2.53. The number of benzene rings is 1. The number of nitriles is 1. The third-order valence-electron chi connectivity index (χ3n) is 1.57. The molecule has 0 radical (unpaired) electrons. The van der Waals surface area contributed by atoms with Crippen LogP contribution < -0.4 is 0 Å². The number of hydrogen-bond donors (Lipinski definition) is 2. The van der Waals surface area contributed by atoms with Crippen LogP contribution in [0.1, 0.15) is 11.2 Å². The highest BCUT2D eigenvalue weighted by Crippen LogP contribution is 2.51. The lowest BCUT2D eigenvalue weighted by atomic mass is 10.2. The quantitative estimate of drug-likeness (QED) is 0.702. The molecular formula is C8H8NO3P. The van der Waals surface area contributed by atoms with Crippen LogP contribution in [0.15, 0.2) is 30.3 Å². The van der Waals surface area contributed by atoms with E-state index < -0.39 is 13.3 Å². The van der Waals surface area contributed by atoms with Gasteiger partial charge in [0.1, 0.15) is 0 Å². The van der Waals surface area contributed by atoms with Gasteiger partial charge in [-0.15, -0.1) is 0 Å². The van der Waals surface area contributed by atoms with Gasteiger partial charge in [-0.1, -0.05) is 30.3 Å². The van der Waals surface area contributed by atoms with Gasteiger partial charge in [-0.05, 0) is 5.56 Å². The van der Waals surface area contributed by atoms with E-state index in [1.807, 2.05) is 0 Å². The van der Waals surface area contributed by atoms with Gasteiger partial charge in [0.25, 0.3) is 0 Å². The second kappa shape index (κ2) is 3.71. The van der Waals surface area contributed by atoms with Crippen LogP contribution >= 0.6 is 7.60 Å². The third kappa shape index (κ3) is 2.40. The fraction of sp³-hybridized carbons (Fsp3) is 0.125. The van der Waals surface area contributed by atoms with Crippen molar-refractivity contribution in [2.24, 2.45) is 0 Å². The van der Waals surface area contributed by atoms with E-state index in [2.05, 4.69) is 0 Å². The van der Waals surface area contributed by atoms with E-state index in [1.165, 1.54) is 12.1 Å². The Morgan fingerprint density at radius 2 is 1.85 bits per heavy atom. The Bertz CT molecular complexity index is 365. The molecule has 0 saturated carbocycles. The Balaban J connectivity index is 3.08. The van der Waals surface area contributed by atoms with Gasteiger partial charge < -0.3 is 9.79 Å². The summed E-state index contributed by atoms with van der Waals surface area (Å²) >= 11 is 0. The summed E-state index contributed by atoms with van der Waals surface area (Å²) in [7, 11) is -4.36. The lowest BCUT2D eigenvalue weighted by Crippen LogP contribution is -1.96. The highest BCUT2D eigenvalue weighted by atomic mass is 31.2. The van der Waals surface area contributed by atoms with Crippen molar-refractivity contribution in [3.63, 3.8) is 0 Å². The molecule has 0 bridgehead atoms. The first-order valence-corrected chi connectivity index (χ1v) is 5.23. The number of hydrogen-bond acceptors (Lipinski definition) is 2. The molecule has 0 aliphatic heterocycles. The van der Waals surface area contributed by atoms with Crippen LogP contribution in [0, 0.1) is 11.3 Å². The zero-order valence-corrected chi connectivity index (χ0v) is 7.56. The van der Waals surface area contributed by atoms with Crippen LogP contribution in [0.5, 0.6) is 0 Å². The molecule has 0 aliphatic rings. The molecule has 1 aromatic carbocycles. The van der Waals surface area contributed by atoms with E-state index in [1.54, 1.807) is 24.3 Å². The Kier molecular flexibility index (Phi) is 2.84. The SMILES string of the molecule is N#CC(c1ccccc1)P(=O)(O)O. The fourth-order valence-electron chi connectivity index (χ4n) is 0.979. The molecule has 5 heteroatoms. The maximum Gasteiger partial charge on any atom is 0.347 e. The zero-order valence-electron chi connectivity index (χ0n) is 6.66. The summed E-state index contributed by atoms with van der Waals surface area (Å²) in [5, 5.41) is 8.57. The minimum absolute atomic E-state index is 0.346. The Morgan fingerprint density at radius 3 is 2.23 bits per heavy atom. The lowest BCUT2D eigenvalue weighted by molar-refractivity contribution is 0.367. The molecule has 2 N–H and O–H groups in total. The first-order valence-electron chi connectivity index (χ1n) is 3.55. The van der Waals surface area contributed by atoms with Crippen molar-refractivity contribution < 1.29 is 14.4 Å². The molecule has 1 unspecified atom stereocenters. The van der Waals surface area contributed by atoms with Crippen molar-refractivity contribution in [3.8, 4) is 6.07 Å². The summed E-state index contributed by atoms with van der Waals surface area (Å²) in [4.78, 5) is 17.6. The molecule has 1 aromatic rings. The van der Waals surface area contributed by atoms with Gasteiger partial charge in [0.2, 0.25) is 0 Å². The summed E-state index contributed by atoms with van der Waals surface area (Å²) in [6.07, 6.45) is 0. The maximum absolute atomic E-state index is 10.8. The molecule has 13 heavy (non-hydrogen) atoms. The molecule has 0 fully saturated rings. The van der Waals surface area contributed by atoms with Crippen molar-refractivity contribution >= 4 is 7.60 Å². The van der Waals surface area contributed by atoms with E-state index in [0.717, 1.165) is 0 Å². The van der Waals surface area contributed by atoms with E-state index >= 15 is 0 Å². The summed E-state index contributed by atoms with van der Waals surface area (Å²) < 4.78 is 10.8. The van der Waals surface area contributed by atoms with E-state index in [-0.39, 0.29) is 0 Å². The molecular weight excluding hydrogens is 189 g/mol. The molecule has 1 rings (SSSR count). The van der Waals surface area contributed by atoms with Crippen molar-refractivity contribution in [1.82, 2.24) is 0 Å². The van der Waals surface area contributed by atoms with Gasteiger partial charge in [-0.25, -0.2) is 0 Å². The highest BCUT2D eigenvalue weighted by molar-refractivity contribution is 7.52. The molecule has 4 nitrogen and oxygen atoms in total. The Morgan fingerprint density at radius 1 is 1.31 bits per heavy atom. The van der Waals surface area contributed by atoms with E-state index in [4.69, 9.17) is 15.0 Å². The normalized spacial score (nSPS) is 13.3. The summed E-state index contributed by atoms with van der Waals surface area (Å²) in [6, 6.07) is 9.63. The largest absolute Gasteiger partial charge is 0.347 e. The molecule has 0 aliphatic carbocycles. The summed E-state index contributed by atoms with van der Waals surface area (Å²) in [6.45, 7) is 0. The van der Waals surface area contributed by atoms with Gasteiger partial charge in [-0.2, -0.15) is 5.26 Å². The van der Waals surface area contributed by atoms with Gasteiger partial charge in [0.15, 0.2) is 5.66 Å². The van der Waals surface area contributed by atoms with Crippen molar-refractivity contribution in [1.29, 1.82) is 5.26 Å². The summed E-state index contributed by atoms with van der Waals surface area (Å²) in [5.74, 6) is 0. The molecule has 0 amide bonds. The molecule has 0 aromatic heterocycles. The van der Waals surface area contributed by atoms with Gasteiger partial charge in [0.05, 0.1) is 6.07 Å². The summed E-state index contributed by atoms with van der Waals surface area (Å²) in [5.41, 5.74) is -1.01. The predicted octanol–water partition coefficient (Wildman–Crippen LogP) is 1.43. The fourth-order valence-corrected chi connectivity index (χ4v) is 1.69. The molecule has 1 atom stereocenters. The standard InChI is InChI=1S/C8H8NO3P/c9-6-8(13(10,11)12)7-4-2-1-3-5-7/h1-5,8H,(H2,10,11,12). The van der Waals surface area contributed by atoms with Crippen molar-refractivity contribution in [2.75, 3.05) is 0 Å². The predicted molar refractivity (Wildman–Crippen MR) is 46.8 cm³/mol. The monoisotopic (exact) mass is 197 g/mol. The van der Waals surface area contributed by atoms with Crippen LogP contribution in [0.2, 0.25) is 0 Å². The average molecular weight is 197 g/mol. The van der Waals surface area contributed by atoms with Crippen LogP contribution in [-0.2, 0) is 4.57 Å². The van der Waals surface area contributed by atoms with Crippen LogP contribution in [0.4, 0.5) is 0 Å². The van der Waals surface area contributed by atoms with E-state index in [9.17, 15) is 4.57 Å². The number of rotatable bonds is 2. The molecule has 0 heterocycles. The minimum atomic E-state index is -4.36. The van der Waals surface area contributed by atoms with Gasteiger partial charge in [-0.3, -0.25) is 4.57 Å². The van der Waals surface area contributed by atoms with Crippen molar-refractivity contribution in [2.45, 2.75) is 5.66 Å². The second-order valence-corrected chi connectivity index (χ2v) is 4.23. The highest BCUT2D eigenvalue weighted by Gasteiger charge is 2.29.